The zero-order chi connectivity index (χ0) is 13.8. The minimum atomic E-state index is 0.377. The Kier molecular flexibility index (Phi) is 3.48. The number of pyridine rings is 1. The van der Waals surface area contributed by atoms with E-state index in [9.17, 15) is 0 Å². The van der Waals surface area contributed by atoms with Gasteiger partial charge in [0.2, 0.25) is 0 Å². The average Bonchev–Trinajstić information content (AvgIpc) is 2.56. The molecule has 3 rings (SSSR count). The fourth-order valence-electron chi connectivity index (χ4n) is 1.96. The van der Waals surface area contributed by atoms with E-state index in [1.165, 1.54) is 0 Å². The van der Waals surface area contributed by atoms with E-state index in [1.807, 2.05) is 54.6 Å². The van der Waals surface area contributed by atoms with Crippen LogP contribution in [0.5, 0.6) is 0 Å². The summed E-state index contributed by atoms with van der Waals surface area (Å²) in [5.41, 5.74) is 9.12. The third kappa shape index (κ3) is 2.55. The molecule has 0 fully saturated rings. The molecule has 1 aromatic carbocycles. The lowest BCUT2D eigenvalue weighted by atomic mass is 10.2. The predicted molar refractivity (Wildman–Crippen MR) is 78.6 cm³/mol. The molecule has 20 heavy (non-hydrogen) atoms. The van der Waals surface area contributed by atoms with Gasteiger partial charge in [-0.25, -0.2) is 9.97 Å². The lowest BCUT2D eigenvalue weighted by Crippen LogP contribution is -2.03. The molecule has 0 saturated carbocycles. The van der Waals surface area contributed by atoms with Gasteiger partial charge in [0.25, 0.3) is 0 Å². The molecule has 0 amide bonds. The minimum absolute atomic E-state index is 0.377. The van der Waals surface area contributed by atoms with E-state index in [1.54, 1.807) is 6.20 Å². The average molecular weight is 262 g/mol. The fourth-order valence-corrected chi connectivity index (χ4v) is 1.96. The lowest BCUT2D eigenvalue weighted by molar-refractivity contribution is 0.970. The van der Waals surface area contributed by atoms with Crippen LogP contribution in [0.1, 0.15) is 5.69 Å². The first-order valence-electron chi connectivity index (χ1n) is 6.41. The van der Waals surface area contributed by atoms with Gasteiger partial charge in [0.05, 0.1) is 17.1 Å². The van der Waals surface area contributed by atoms with Crippen LogP contribution in [0.25, 0.3) is 22.8 Å². The number of nitrogens with zero attached hydrogens (tertiary/aromatic N) is 3. The Hall–Kier alpha value is -2.59. The molecule has 0 unspecified atom stereocenters. The third-order valence-corrected chi connectivity index (χ3v) is 2.95. The molecule has 2 aromatic heterocycles. The molecule has 3 aromatic rings. The number of aromatic nitrogens is 3. The van der Waals surface area contributed by atoms with E-state index in [2.05, 4.69) is 15.0 Å². The monoisotopic (exact) mass is 262 g/mol. The molecule has 0 aliphatic rings. The third-order valence-electron chi connectivity index (χ3n) is 2.95. The van der Waals surface area contributed by atoms with Crippen LogP contribution in [0, 0.1) is 0 Å². The Balaban J connectivity index is 2.13. The molecule has 0 spiro atoms. The van der Waals surface area contributed by atoms with Crippen LogP contribution < -0.4 is 5.73 Å². The maximum Gasteiger partial charge on any atom is 0.160 e. The molecule has 2 N–H and O–H groups in total. The maximum atomic E-state index is 5.73. The van der Waals surface area contributed by atoms with Crippen molar-refractivity contribution in [2.45, 2.75) is 6.54 Å². The highest BCUT2D eigenvalue weighted by molar-refractivity contribution is 5.61. The summed E-state index contributed by atoms with van der Waals surface area (Å²) < 4.78 is 0. The number of benzene rings is 1. The van der Waals surface area contributed by atoms with Gasteiger partial charge in [-0.3, -0.25) is 4.98 Å². The van der Waals surface area contributed by atoms with Crippen LogP contribution in [0.2, 0.25) is 0 Å². The molecular weight excluding hydrogens is 248 g/mol. The van der Waals surface area contributed by atoms with Crippen molar-refractivity contribution in [3.8, 4) is 22.8 Å². The maximum absolute atomic E-state index is 5.73. The van der Waals surface area contributed by atoms with E-state index >= 15 is 0 Å². The summed E-state index contributed by atoms with van der Waals surface area (Å²) in [6, 6.07) is 17.5. The van der Waals surface area contributed by atoms with Crippen LogP contribution in [-0.4, -0.2) is 15.0 Å². The molecule has 0 aliphatic carbocycles. The SMILES string of the molecule is NCc1cc(-c2ccccn2)nc(-c2ccccc2)n1. The molecule has 98 valence electrons. The zero-order valence-electron chi connectivity index (χ0n) is 10.9. The summed E-state index contributed by atoms with van der Waals surface area (Å²) in [6.07, 6.45) is 1.75. The summed E-state index contributed by atoms with van der Waals surface area (Å²) >= 11 is 0. The van der Waals surface area contributed by atoms with Crippen LogP contribution in [0.4, 0.5) is 0 Å². The van der Waals surface area contributed by atoms with Crippen molar-refractivity contribution < 1.29 is 0 Å². The summed E-state index contributed by atoms with van der Waals surface area (Å²) in [7, 11) is 0. The molecule has 4 nitrogen and oxygen atoms in total. The van der Waals surface area contributed by atoms with Crippen molar-refractivity contribution in [3.63, 3.8) is 0 Å². The predicted octanol–water partition coefficient (Wildman–Crippen LogP) is 2.66. The van der Waals surface area contributed by atoms with Gasteiger partial charge in [0, 0.05) is 18.3 Å². The Morgan fingerprint density at radius 3 is 2.35 bits per heavy atom. The van der Waals surface area contributed by atoms with E-state index in [0.717, 1.165) is 22.6 Å². The summed E-state index contributed by atoms with van der Waals surface area (Å²) in [6.45, 7) is 0.377. The summed E-state index contributed by atoms with van der Waals surface area (Å²) in [5.74, 6) is 0.675. The second-order valence-electron chi connectivity index (χ2n) is 4.35. The van der Waals surface area contributed by atoms with Crippen LogP contribution >= 0.6 is 0 Å². The molecular formula is C16H14N4. The van der Waals surface area contributed by atoms with Crippen molar-refractivity contribution in [1.82, 2.24) is 15.0 Å². The van der Waals surface area contributed by atoms with Gasteiger partial charge < -0.3 is 5.73 Å². The number of hydrogen-bond donors (Lipinski definition) is 1. The molecule has 4 heteroatoms. The fraction of sp³-hybridized carbons (Fsp3) is 0.0625. The molecule has 0 aliphatic heterocycles. The first-order valence-corrected chi connectivity index (χ1v) is 6.41. The Morgan fingerprint density at radius 1 is 0.850 bits per heavy atom. The molecule has 0 radical (unpaired) electrons. The molecule has 2 heterocycles. The van der Waals surface area contributed by atoms with Gasteiger partial charge in [-0.1, -0.05) is 36.4 Å². The minimum Gasteiger partial charge on any atom is -0.325 e. The zero-order valence-corrected chi connectivity index (χ0v) is 10.9. The normalized spacial score (nSPS) is 10.4. The van der Waals surface area contributed by atoms with Crippen molar-refractivity contribution in [2.75, 3.05) is 0 Å². The van der Waals surface area contributed by atoms with Gasteiger partial charge in [0.1, 0.15) is 0 Å². The topological polar surface area (TPSA) is 64.7 Å². The Labute approximate surface area is 117 Å². The van der Waals surface area contributed by atoms with Crippen molar-refractivity contribution in [1.29, 1.82) is 0 Å². The second-order valence-corrected chi connectivity index (χ2v) is 4.35. The van der Waals surface area contributed by atoms with Gasteiger partial charge in [-0.15, -0.1) is 0 Å². The van der Waals surface area contributed by atoms with E-state index < -0.39 is 0 Å². The van der Waals surface area contributed by atoms with E-state index in [0.29, 0.717) is 12.4 Å². The lowest BCUT2D eigenvalue weighted by Gasteiger charge is -2.06. The van der Waals surface area contributed by atoms with Crippen LogP contribution in [0.3, 0.4) is 0 Å². The van der Waals surface area contributed by atoms with Crippen LogP contribution in [-0.2, 0) is 6.54 Å². The van der Waals surface area contributed by atoms with Gasteiger partial charge in [-0.2, -0.15) is 0 Å². The highest BCUT2D eigenvalue weighted by Crippen LogP contribution is 2.20. The van der Waals surface area contributed by atoms with Crippen molar-refractivity contribution in [3.05, 3.63) is 66.5 Å². The van der Waals surface area contributed by atoms with E-state index in [-0.39, 0.29) is 0 Å². The highest BCUT2D eigenvalue weighted by atomic mass is 14.9. The van der Waals surface area contributed by atoms with E-state index in [4.69, 9.17) is 5.73 Å². The standard InChI is InChI=1S/C16H14N4/c17-11-13-10-15(14-8-4-5-9-18-14)20-16(19-13)12-6-2-1-3-7-12/h1-10H,11,17H2. The number of nitrogens with two attached hydrogens (primary N) is 1. The number of hydrogen-bond acceptors (Lipinski definition) is 4. The van der Waals surface area contributed by atoms with Crippen molar-refractivity contribution >= 4 is 0 Å². The molecule has 0 bridgehead atoms. The number of rotatable bonds is 3. The van der Waals surface area contributed by atoms with Gasteiger partial charge >= 0.3 is 0 Å². The smallest absolute Gasteiger partial charge is 0.160 e. The molecule has 0 saturated heterocycles. The Bertz CT molecular complexity index is 638. The highest BCUT2D eigenvalue weighted by Gasteiger charge is 2.08. The van der Waals surface area contributed by atoms with Gasteiger partial charge in [-0.05, 0) is 18.2 Å². The first kappa shape index (κ1) is 12.4. The first-order chi connectivity index (χ1) is 9.86. The summed E-state index contributed by atoms with van der Waals surface area (Å²) in [5, 5.41) is 0. The van der Waals surface area contributed by atoms with Gasteiger partial charge in [0.15, 0.2) is 5.82 Å². The summed E-state index contributed by atoms with van der Waals surface area (Å²) in [4.78, 5) is 13.4. The largest absolute Gasteiger partial charge is 0.325 e. The van der Waals surface area contributed by atoms with Crippen molar-refractivity contribution in [2.24, 2.45) is 5.73 Å². The molecule has 0 atom stereocenters. The Morgan fingerprint density at radius 2 is 1.65 bits per heavy atom. The second kappa shape index (κ2) is 5.59. The van der Waals surface area contributed by atoms with Crippen LogP contribution in [0.15, 0.2) is 60.8 Å². The quantitative estimate of drug-likeness (QED) is 0.788.